The molecule has 0 unspecified atom stereocenters. The first-order chi connectivity index (χ1) is 15.6. The highest BCUT2D eigenvalue weighted by molar-refractivity contribution is 5.71. The Bertz CT molecular complexity index is 1370. The minimum absolute atomic E-state index is 0.0258. The number of hydrogen-bond acceptors (Lipinski definition) is 3. The van der Waals surface area contributed by atoms with E-state index in [0.717, 1.165) is 37.5 Å². The minimum Gasteiger partial charge on any atom is -0.508 e. The molecule has 1 saturated carbocycles. The average Bonchev–Trinajstić information content (AvgIpc) is 3.03. The van der Waals surface area contributed by atoms with E-state index in [9.17, 15) is 31.4 Å². The zero-order valence-corrected chi connectivity index (χ0v) is 16.8. The monoisotopic (exact) mass is 463 g/mol. The first kappa shape index (κ1) is 21.3. The third-order valence-electron chi connectivity index (χ3n) is 5.86. The van der Waals surface area contributed by atoms with Crippen molar-refractivity contribution in [3.8, 4) is 28.3 Å². The predicted octanol–water partition coefficient (Wildman–Crippen LogP) is 6.47. The van der Waals surface area contributed by atoms with Crippen LogP contribution in [0.4, 0.5) is 26.3 Å². The molecule has 0 bridgehead atoms. The van der Waals surface area contributed by atoms with Gasteiger partial charge in [0, 0.05) is 29.8 Å². The molecule has 0 atom stereocenters. The molecular formula is C23H15F6N3O. The first-order valence-corrected chi connectivity index (χ1v) is 10.1. The Hall–Kier alpha value is -3.56. The average molecular weight is 463 g/mol. The van der Waals surface area contributed by atoms with Crippen molar-refractivity contribution in [2.24, 2.45) is 0 Å². The van der Waals surface area contributed by atoms with Gasteiger partial charge in [-0.2, -0.15) is 13.2 Å². The summed E-state index contributed by atoms with van der Waals surface area (Å²) in [5.74, 6) is -4.06. The molecule has 1 aliphatic rings. The van der Waals surface area contributed by atoms with Gasteiger partial charge < -0.3 is 5.11 Å². The van der Waals surface area contributed by atoms with Gasteiger partial charge in [-0.05, 0) is 31.0 Å². The molecule has 4 nitrogen and oxygen atoms in total. The van der Waals surface area contributed by atoms with E-state index < -0.39 is 40.5 Å². The highest BCUT2D eigenvalue weighted by atomic mass is 19.4. The van der Waals surface area contributed by atoms with Crippen LogP contribution < -0.4 is 0 Å². The normalized spacial score (nSPS) is 14.6. The zero-order valence-electron chi connectivity index (χ0n) is 16.8. The fourth-order valence-electron chi connectivity index (χ4n) is 4.02. The summed E-state index contributed by atoms with van der Waals surface area (Å²) < 4.78 is 84.2. The van der Waals surface area contributed by atoms with E-state index in [1.165, 1.54) is 16.8 Å². The van der Waals surface area contributed by atoms with E-state index in [4.69, 9.17) is 0 Å². The van der Waals surface area contributed by atoms with Crippen LogP contribution in [0.2, 0.25) is 0 Å². The Morgan fingerprint density at radius 3 is 2.27 bits per heavy atom. The van der Waals surface area contributed by atoms with Gasteiger partial charge >= 0.3 is 6.18 Å². The van der Waals surface area contributed by atoms with Gasteiger partial charge in [-0.1, -0.05) is 6.42 Å². The van der Waals surface area contributed by atoms with Gasteiger partial charge in [-0.3, -0.25) is 9.38 Å². The first-order valence-electron chi connectivity index (χ1n) is 10.1. The highest BCUT2D eigenvalue weighted by Crippen LogP contribution is 2.43. The van der Waals surface area contributed by atoms with Gasteiger partial charge in [0.25, 0.3) is 0 Å². The summed E-state index contributed by atoms with van der Waals surface area (Å²) in [4.78, 5) is 8.63. The number of nitrogens with zero attached hydrogens (tertiary/aromatic N) is 3. The van der Waals surface area contributed by atoms with Crippen LogP contribution in [0.1, 0.15) is 36.4 Å². The quantitative estimate of drug-likeness (QED) is 0.354. The molecule has 33 heavy (non-hydrogen) atoms. The number of benzene rings is 2. The fourth-order valence-corrected chi connectivity index (χ4v) is 4.02. The van der Waals surface area contributed by atoms with E-state index in [1.807, 2.05) is 0 Å². The zero-order chi connectivity index (χ0) is 23.5. The number of phenolic OH excluding ortho intramolecular Hbond substituents is 1. The molecule has 2 aromatic heterocycles. The van der Waals surface area contributed by atoms with E-state index in [-0.39, 0.29) is 28.5 Å². The number of rotatable bonds is 3. The number of aromatic nitrogens is 3. The fraction of sp³-hybridized carbons (Fsp3) is 0.217. The maximum Gasteiger partial charge on any atom is 0.419 e. The van der Waals surface area contributed by atoms with E-state index in [1.54, 1.807) is 0 Å². The highest BCUT2D eigenvalue weighted by Gasteiger charge is 2.35. The molecule has 2 aromatic carbocycles. The van der Waals surface area contributed by atoms with Gasteiger partial charge in [0.15, 0.2) is 5.65 Å². The van der Waals surface area contributed by atoms with Crippen molar-refractivity contribution in [2.45, 2.75) is 31.4 Å². The molecule has 1 aliphatic carbocycles. The Balaban J connectivity index is 1.75. The molecule has 0 radical (unpaired) electrons. The lowest BCUT2D eigenvalue weighted by Gasteiger charge is -2.25. The van der Waals surface area contributed by atoms with Crippen LogP contribution in [0.5, 0.6) is 5.75 Å². The van der Waals surface area contributed by atoms with Gasteiger partial charge in [-0.15, -0.1) is 0 Å². The molecule has 0 spiro atoms. The number of alkyl halides is 3. The number of phenols is 1. The Morgan fingerprint density at radius 2 is 1.67 bits per heavy atom. The second kappa shape index (κ2) is 7.50. The number of aromatic hydroxyl groups is 1. The van der Waals surface area contributed by atoms with Crippen molar-refractivity contribution in [3.63, 3.8) is 0 Å². The molecule has 0 amide bonds. The molecule has 1 fully saturated rings. The van der Waals surface area contributed by atoms with Crippen molar-refractivity contribution >= 4 is 5.65 Å². The van der Waals surface area contributed by atoms with Crippen molar-refractivity contribution in [3.05, 3.63) is 71.4 Å². The van der Waals surface area contributed by atoms with Gasteiger partial charge in [0.05, 0.1) is 34.4 Å². The molecule has 0 saturated heterocycles. The van der Waals surface area contributed by atoms with Crippen LogP contribution in [0, 0.1) is 17.5 Å². The van der Waals surface area contributed by atoms with Gasteiger partial charge in [0.2, 0.25) is 0 Å². The third-order valence-corrected chi connectivity index (χ3v) is 5.86. The standard InChI is InChI=1S/C23H15F6N3O/c24-15-5-4-12(6-14(15)23(27,28)29)18-10-32-19(9-30-18)31-21(11-2-1-3-11)22(32)20-16(25)7-13(33)8-17(20)26/h4-11,33H,1-3H2. The van der Waals surface area contributed by atoms with Crippen LogP contribution in [0.25, 0.3) is 28.2 Å². The van der Waals surface area contributed by atoms with E-state index in [2.05, 4.69) is 9.97 Å². The topological polar surface area (TPSA) is 50.4 Å². The molecule has 1 N–H and O–H groups in total. The maximum atomic E-state index is 14.8. The van der Waals surface area contributed by atoms with Crippen LogP contribution in [-0.4, -0.2) is 19.5 Å². The minimum atomic E-state index is -4.90. The summed E-state index contributed by atoms with van der Waals surface area (Å²) in [6.07, 6.45) is 0.168. The van der Waals surface area contributed by atoms with E-state index >= 15 is 0 Å². The van der Waals surface area contributed by atoms with Crippen LogP contribution in [0.15, 0.2) is 42.7 Å². The summed E-state index contributed by atoms with van der Waals surface area (Å²) in [5, 5.41) is 9.54. The Kier molecular flexibility index (Phi) is 4.84. The Labute approximate surface area is 183 Å². The predicted molar refractivity (Wildman–Crippen MR) is 107 cm³/mol. The lowest BCUT2D eigenvalue weighted by molar-refractivity contribution is -0.139. The summed E-state index contributed by atoms with van der Waals surface area (Å²) in [6.45, 7) is 0. The summed E-state index contributed by atoms with van der Waals surface area (Å²) >= 11 is 0. The number of imidazole rings is 1. The van der Waals surface area contributed by atoms with Crippen LogP contribution in [0.3, 0.4) is 0 Å². The van der Waals surface area contributed by atoms with Crippen molar-refractivity contribution in [1.82, 2.24) is 14.4 Å². The third kappa shape index (κ3) is 3.59. The molecule has 0 aliphatic heterocycles. The van der Waals surface area contributed by atoms with Crippen LogP contribution in [-0.2, 0) is 6.18 Å². The lowest BCUT2D eigenvalue weighted by Crippen LogP contribution is -2.11. The lowest BCUT2D eigenvalue weighted by atomic mass is 9.81. The number of hydrogen-bond donors (Lipinski definition) is 1. The molecule has 4 aromatic rings. The molecule has 2 heterocycles. The van der Waals surface area contributed by atoms with Crippen LogP contribution >= 0.6 is 0 Å². The smallest absolute Gasteiger partial charge is 0.419 e. The summed E-state index contributed by atoms with van der Waals surface area (Å²) in [7, 11) is 0. The van der Waals surface area contributed by atoms with E-state index in [0.29, 0.717) is 17.8 Å². The number of fused-ring (bicyclic) bond motifs is 1. The molecule has 5 rings (SSSR count). The largest absolute Gasteiger partial charge is 0.508 e. The number of halogens is 6. The second-order valence-electron chi connectivity index (χ2n) is 7.95. The van der Waals surface area contributed by atoms with Crippen molar-refractivity contribution < 1.29 is 31.4 Å². The van der Waals surface area contributed by atoms with Gasteiger partial charge in [0.1, 0.15) is 23.2 Å². The molecular weight excluding hydrogens is 448 g/mol. The second-order valence-corrected chi connectivity index (χ2v) is 7.95. The summed E-state index contributed by atoms with van der Waals surface area (Å²) in [6, 6.07) is 4.02. The van der Waals surface area contributed by atoms with Gasteiger partial charge in [-0.25, -0.2) is 18.2 Å². The summed E-state index contributed by atoms with van der Waals surface area (Å²) in [5.41, 5.74) is -1.05. The van der Waals surface area contributed by atoms with Crippen molar-refractivity contribution in [2.75, 3.05) is 0 Å². The Morgan fingerprint density at radius 1 is 0.970 bits per heavy atom. The molecule has 10 heteroatoms. The molecule has 170 valence electrons. The SMILES string of the molecule is Oc1cc(F)c(-c2c(C3CCC3)nc3cnc(-c4ccc(F)c(C(F)(F)F)c4)cn23)c(F)c1. The van der Waals surface area contributed by atoms with Crippen molar-refractivity contribution in [1.29, 1.82) is 0 Å². The maximum absolute atomic E-state index is 14.8.